The summed E-state index contributed by atoms with van der Waals surface area (Å²) in [4.78, 5) is 12.9. The van der Waals surface area contributed by atoms with Crippen molar-refractivity contribution in [1.82, 2.24) is 15.0 Å². The molecule has 0 spiro atoms. The van der Waals surface area contributed by atoms with Crippen molar-refractivity contribution in [3.05, 3.63) is 42.2 Å². The Balaban J connectivity index is 1.86. The monoisotopic (exact) mass is 269 g/mol. The third kappa shape index (κ3) is 2.60. The lowest BCUT2D eigenvalue weighted by Gasteiger charge is -2.06. The third-order valence-corrected chi connectivity index (χ3v) is 2.84. The Morgan fingerprint density at radius 3 is 3.00 bits per heavy atom. The van der Waals surface area contributed by atoms with E-state index in [1.165, 1.54) is 0 Å². The van der Waals surface area contributed by atoms with Gasteiger partial charge < -0.3 is 15.5 Å². The fourth-order valence-corrected chi connectivity index (χ4v) is 1.99. The van der Waals surface area contributed by atoms with Gasteiger partial charge in [0.2, 0.25) is 0 Å². The molecule has 3 aromatic rings. The van der Waals surface area contributed by atoms with Crippen LogP contribution in [0.5, 0.6) is 0 Å². The zero-order valence-corrected chi connectivity index (χ0v) is 11.1. The van der Waals surface area contributed by atoms with Crippen LogP contribution in [-0.4, -0.2) is 21.5 Å². The highest BCUT2D eigenvalue weighted by molar-refractivity contribution is 5.78. The highest BCUT2D eigenvalue weighted by atomic mass is 16.3. The van der Waals surface area contributed by atoms with Gasteiger partial charge in [-0.2, -0.15) is 0 Å². The maximum atomic E-state index is 5.51. The van der Waals surface area contributed by atoms with Crippen LogP contribution in [0.4, 0.5) is 11.5 Å². The predicted molar refractivity (Wildman–Crippen MR) is 76.8 cm³/mol. The molecule has 0 aliphatic heterocycles. The van der Waals surface area contributed by atoms with E-state index < -0.39 is 0 Å². The first kappa shape index (κ1) is 12.6. The molecular weight excluding hydrogens is 254 g/mol. The SMILES string of the molecule is Cc1nc2cc(Nc3ccnc(CCN)n3)ccc2o1. The number of nitrogens with zero attached hydrogens (tertiary/aromatic N) is 3. The Morgan fingerprint density at radius 1 is 1.25 bits per heavy atom. The molecule has 6 heteroatoms. The van der Waals surface area contributed by atoms with Gasteiger partial charge >= 0.3 is 0 Å². The largest absolute Gasteiger partial charge is 0.441 e. The summed E-state index contributed by atoms with van der Waals surface area (Å²) in [6, 6.07) is 7.56. The average molecular weight is 269 g/mol. The van der Waals surface area contributed by atoms with Gasteiger partial charge in [-0.05, 0) is 30.8 Å². The standard InChI is InChI=1S/C14H15N5O/c1-9-17-11-8-10(2-3-12(11)20-9)18-14-5-7-16-13(19-14)4-6-15/h2-3,5,7-8H,4,6,15H2,1H3,(H,16,18,19). The molecule has 0 amide bonds. The van der Waals surface area contributed by atoms with Gasteiger partial charge in [0.05, 0.1) is 0 Å². The summed E-state index contributed by atoms with van der Waals surface area (Å²) in [5, 5.41) is 3.23. The third-order valence-electron chi connectivity index (χ3n) is 2.84. The number of rotatable bonds is 4. The van der Waals surface area contributed by atoms with E-state index in [2.05, 4.69) is 20.3 Å². The van der Waals surface area contributed by atoms with Crippen LogP contribution in [0.3, 0.4) is 0 Å². The lowest BCUT2D eigenvalue weighted by Crippen LogP contribution is -2.07. The molecule has 3 rings (SSSR count). The van der Waals surface area contributed by atoms with E-state index in [0.29, 0.717) is 18.9 Å². The lowest BCUT2D eigenvalue weighted by molar-refractivity contribution is 0.561. The van der Waals surface area contributed by atoms with Crippen LogP contribution in [0, 0.1) is 6.92 Å². The zero-order valence-electron chi connectivity index (χ0n) is 11.1. The van der Waals surface area contributed by atoms with Crippen molar-refractivity contribution in [2.45, 2.75) is 13.3 Å². The van der Waals surface area contributed by atoms with Gasteiger partial charge in [-0.15, -0.1) is 0 Å². The molecule has 20 heavy (non-hydrogen) atoms. The first-order valence-electron chi connectivity index (χ1n) is 6.41. The minimum atomic E-state index is 0.535. The molecule has 0 atom stereocenters. The molecule has 0 unspecified atom stereocenters. The van der Waals surface area contributed by atoms with Crippen molar-refractivity contribution >= 4 is 22.6 Å². The number of hydrogen-bond acceptors (Lipinski definition) is 6. The van der Waals surface area contributed by atoms with E-state index in [9.17, 15) is 0 Å². The topological polar surface area (TPSA) is 89.9 Å². The van der Waals surface area contributed by atoms with Gasteiger partial charge in [-0.1, -0.05) is 0 Å². The first-order chi connectivity index (χ1) is 9.74. The molecule has 0 bridgehead atoms. The van der Waals surface area contributed by atoms with Crippen molar-refractivity contribution in [2.24, 2.45) is 5.73 Å². The van der Waals surface area contributed by atoms with E-state index in [0.717, 1.165) is 28.4 Å². The van der Waals surface area contributed by atoms with Crippen LogP contribution in [-0.2, 0) is 6.42 Å². The predicted octanol–water partition coefficient (Wildman–Crippen LogP) is 2.17. The molecule has 0 aliphatic rings. The van der Waals surface area contributed by atoms with Crippen LogP contribution < -0.4 is 11.1 Å². The Bertz CT molecular complexity index is 737. The summed E-state index contributed by atoms with van der Waals surface area (Å²) in [6.07, 6.45) is 2.39. The maximum absolute atomic E-state index is 5.51. The van der Waals surface area contributed by atoms with Crippen molar-refractivity contribution in [1.29, 1.82) is 0 Å². The number of aryl methyl sites for hydroxylation is 1. The van der Waals surface area contributed by atoms with Crippen molar-refractivity contribution < 1.29 is 4.42 Å². The molecule has 3 N–H and O–H groups in total. The highest BCUT2D eigenvalue weighted by Crippen LogP contribution is 2.21. The van der Waals surface area contributed by atoms with Crippen LogP contribution in [0.15, 0.2) is 34.9 Å². The van der Waals surface area contributed by atoms with Gasteiger partial charge in [0.1, 0.15) is 17.2 Å². The van der Waals surface area contributed by atoms with E-state index in [1.807, 2.05) is 31.2 Å². The van der Waals surface area contributed by atoms with Gasteiger partial charge in [0, 0.05) is 25.2 Å². The summed E-state index contributed by atoms with van der Waals surface area (Å²) >= 11 is 0. The summed E-state index contributed by atoms with van der Waals surface area (Å²) < 4.78 is 5.45. The van der Waals surface area contributed by atoms with Gasteiger partial charge in [-0.25, -0.2) is 15.0 Å². The summed E-state index contributed by atoms with van der Waals surface area (Å²) in [6.45, 7) is 2.37. The second-order valence-corrected chi connectivity index (χ2v) is 4.44. The van der Waals surface area contributed by atoms with Crippen molar-refractivity contribution in [2.75, 3.05) is 11.9 Å². The van der Waals surface area contributed by atoms with Crippen molar-refractivity contribution in [3.63, 3.8) is 0 Å². The summed E-state index contributed by atoms with van der Waals surface area (Å²) in [5.41, 5.74) is 8.01. The molecule has 2 heterocycles. The molecule has 1 aromatic carbocycles. The zero-order chi connectivity index (χ0) is 13.9. The first-order valence-corrected chi connectivity index (χ1v) is 6.41. The molecular formula is C14H15N5O. The number of oxazole rings is 1. The summed E-state index contributed by atoms with van der Waals surface area (Å²) in [7, 11) is 0. The van der Waals surface area contributed by atoms with Gasteiger partial charge in [0.25, 0.3) is 0 Å². The van der Waals surface area contributed by atoms with Crippen LogP contribution in [0.2, 0.25) is 0 Å². The minimum absolute atomic E-state index is 0.535. The molecule has 0 radical (unpaired) electrons. The Morgan fingerprint density at radius 2 is 2.15 bits per heavy atom. The minimum Gasteiger partial charge on any atom is -0.441 e. The molecule has 0 saturated carbocycles. The smallest absolute Gasteiger partial charge is 0.192 e. The Labute approximate surface area is 116 Å². The molecule has 2 aromatic heterocycles. The average Bonchev–Trinajstić information content (AvgIpc) is 2.79. The molecule has 0 aliphatic carbocycles. The number of fused-ring (bicyclic) bond motifs is 1. The quantitative estimate of drug-likeness (QED) is 0.754. The lowest BCUT2D eigenvalue weighted by atomic mass is 10.3. The molecule has 6 nitrogen and oxygen atoms in total. The number of hydrogen-bond donors (Lipinski definition) is 2. The van der Waals surface area contributed by atoms with Gasteiger partial charge in [-0.3, -0.25) is 0 Å². The van der Waals surface area contributed by atoms with E-state index in [4.69, 9.17) is 10.2 Å². The van der Waals surface area contributed by atoms with E-state index >= 15 is 0 Å². The second-order valence-electron chi connectivity index (χ2n) is 4.44. The van der Waals surface area contributed by atoms with Gasteiger partial charge in [0.15, 0.2) is 11.5 Å². The number of nitrogens with two attached hydrogens (primary N) is 1. The van der Waals surface area contributed by atoms with Crippen molar-refractivity contribution in [3.8, 4) is 0 Å². The molecule has 0 saturated heterocycles. The number of nitrogens with one attached hydrogen (secondary N) is 1. The van der Waals surface area contributed by atoms with Crippen LogP contribution in [0.1, 0.15) is 11.7 Å². The van der Waals surface area contributed by atoms with Crippen LogP contribution >= 0.6 is 0 Å². The Hall–Kier alpha value is -2.47. The molecule has 0 fully saturated rings. The molecule has 102 valence electrons. The van der Waals surface area contributed by atoms with E-state index in [-0.39, 0.29) is 0 Å². The fourth-order valence-electron chi connectivity index (χ4n) is 1.99. The second kappa shape index (κ2) is 5.26. The summed E-state index contributed by atoms with van der Waals surface area (Å²) in [5.74, 6) is 2.13. The number of benzene rings is 1. The number of aromatic nitrogens is 3. The highest BCUT2D eigenvalue weighted by Gasteiger charge is 2.04. The normalized spacial score (nSPS) is 10.9. The fraction of sp³-hybridized carbons (Fsp3) is 0.214. The maximum Gasteiger partial charge on any atom is 0.192 e. The van der Waals surface area contributed by atoms with Crippen LogP contribution in [0.25, 0.3) is 11.1 Å². The Kier molecular flexibility index (Phi) is 3.30. The number of anilines is 2. The van der Waals surface area contributed by atoms with E-state index in [1.54, 1.807) is 6.20 Å².